The Labute approximate surface area is 129 Å². The Balaban J connectivity index is 2.08. The molecule has 0 saturated carbocycles. The summed E-state index contributed by atoms with van der Waals surface area (Å²) in [6.45, 7) is 2.58. The predicted molar refractivity (Wildman–Crippen MR) is 87.0 cm³/mol. The molecule has 0 atom stereocenters. The topological polar surface area (TPSA) is 49.8 Å². The average molecular weight is 295 g/mol. The van der Waals surface area contributed by atoms with Gasteiger partial charge in [-0.2, -0.15) is 0 Å². The van der Waals surface area contributed by atoms with Crippen molar-refractivity contribution >= 4 is 23.2 Å². The molecule has 0 aromatic heterocycles. The van der Waals surface area contributed by atoms with Gasteiger partial charge in [-0.1, -0.05) is 24.3 Å². The Morgan fingerprint density at radius 3 is 2.68 bits per heavy atom. The number of methoxy groups -OCH3 is 1. The van der Waals surface area contributed by atoms with Crippen LogP contribution in [0, 0.1) is 0 Å². The van der Waals surface area contributed by atoms with Crippen molar-refractivity contribution in [3.63, 3.8) is 0 Å². The van der Waals surface area contributed by atoms with Crippen molar-refractivity contribution in [3.05, 3.63) is 53.6 Å². The average Bonchev–Trinajstić information content (AvgIpc) is 2.79. The first-order chi connectivity index (χ1) is 10.7. The molecule has 2 aromatic rings. The third-order valence-electron chi connectivity index (χ3n) is 3.79. The van der Waals surface area contributed by atoms with Gasteiger partial charge in [0.1, 0.15) is 0 Å². The van der Waals surface area contributed by atoms with E-state index in [2.05, 4.69) is 0 Å². The summed E-state index contributed by atoms with van der Waals surface area (Å²) in [4.78, 5) is 14.3. The summed E-state index contributed by atoms with van der Waals surface area (Å²) in [6, 6.07) is 12.8. The lowest BCUT2D eigenvalue weighted by molar-refractivity contribution is -0.112. The van der Waals surface area contributed by atoms with Gasteiger partial charge in [-0.05, 0) is 36.8 Å². The van der Waals surface area contributed by atoms with Crippen LogP contribution in [0.2, 0.25) is 0 Å². The normalized spacial score (nSPS) is 15.3. The SMILES string of the molecule is CCN1C(=O)/C(=C\c2ccc(OC)c(O)c2)c2ccccc21. The zero-order chi connectivity index (χ0) is 15.7. The van der Waals surface area contributed by atoms with Crippen molar-refractivity contribution < 1.29 is 14.6 Å². The van der Waals surface area contributed by atoms with E-state index in [0.29, 0.717) is 17.9 Å². The molecule has 0 unspecified atom stereocenters. The van der Waals surface area contributed by atoms with E-state index in [9.17, 15) is 9.90 Å². The number of hydrogen-bond acceptors (Lipinski definition) is 3. The van der Waals surface area contributed by atoms with E-state index >= 15 is 0 Å². The fourth-order valence-corrected chi connectivity index (χ4v) is 2.72. The number of fused-ring (bicyclic) bond motifs is 1. The molecule has 4 heteroatoms. The first kappa shape index (κ1) is 14.2. The van der Waals surface area contributed by atoms with Gasteiger partial charge in [0.25, 0.3) is 5.91 Å². The quantitative estimate of drug-likeness (QED) is 0.884. The lowest BCUT2D eigenvalue weighted by atomic mass is 10.0. The first-order valence-corrected chi connectivity index (χ1v) is 7.15. The highest BCUT2D eigenvalue weighted by molar-refractivity contribution is 6.35. The van der Waals surface area contributed by atoms with Crippen LogP contribution in [0.25, 0.3) is 11.6 Å². The molecule has 1 amide bonds. The van der Waals surface area contributed by atoms with E-state index in [1.807, 2.05) is 37.3 Å². The van der Waals surface area contributed by atoms with Crippen molar-refractivity contribution in [1.82, 2.24) is 0 Å². The second-order valence-electron chi connectivity index (χ2n) is 5.06. The van der Waals surface area contributed by atoms with Gasteiger partial charge in [0.05, 0.1) is 12.8 Å². The lowest BCUT2D eigenvalue weighted by Gasteiger charge is -2.13. The van der Waals surface area contributed by atoms with Gasteiger partial charge in [0.2, 0.25) is 0 Å². The molecule has 112 valence electrons. The van der Waals surface area contributed by atoms with Crippen LogP contribution < -0.4 is 9.64 Å². The maximum absolute atomic E-state index is 12.6. The van der Waals surface area contributed by atoms with Gasteiger partial charge < -0.3 is 14.7 Å². The number of ether oxygens (including phenoxy) is 1. The number of aromatic hydroxyl groups is 1. The second-order valence-corrected chi connectivity index (χ2v) is 5.06. The highest BCUT2D eigenvalue weighted by atomic mass is 16.5. The molecular formula is C18H17NO3. The smallest absolute Gasteiger partial charge is 0.258 e. The van der Waals surface area contributed by atoms with Crippen LogP contribution in [0.15, 0.2) is 42.5 Å². The van der Waals surface area contributed by atoms with Crippen LogP contribution in [0.4, 0.5) is 5.69 Å². The molecule has 0 aliphatic carbocycles. The van der Waals surface area contributed by atoms with Gasteiger partial charge in [-0.25, -0.2) is 0 Å². The maximum atomic E-state index is 12.6. The van der Waals surface area contributed by atoms with Gasteiger partial charge in [0.15, 0.2) is 11.5 Å². The second kappa shape index (κ2) is 5.56. The van der Waals surface area contributed by atoms with Gasteiger partial charge >= 0.3 is 0 Å². The minimum Gasteiger partial charge on any atom is -0.504 e. The van der Waals surface area contributed by atoms with E-state index in [1.54, 1.807) is 23.1 Å². The lowest BCUT2D eigenvalue weighted by Crippen LogP contribution is -2.25. The Bertz CT molecular complexity index is 765. The summed E-state index contributed by atoms with van der Waals surface area (Å²) in [5.41, 5.74) is 3.25. The van der Waals surface area contributed by atoms with Crippen LogP contribution in [0.3, 0.4) is 0 Å². The van der Waals surface area contributed by atoms with Crippen molar-refractivity contribution in [2.75, 3.05) is 18.6 Å². The fourth-order valence-electron chi connectivity index (χ4n) is 2.72. The number of amides is 1. The molecule has 1 aliphatic rings. The third kappa shape index (κ3) is 2.22. The van der Waals surface area contributed by atoms with Crippen LogP contribution in [0.1, 0.15) is 18.1 Å². The van der Waals surface area contributed by atoms with Crippen LogP contribution >= 0.6 is 0 Å². The predicted octanol–water partition coefficient (Wildman–Crippen LogP) is 3.31. The molecule has 0 bridgehead atoms. The molecule has 4 nitrogen and oxygen atoms in total. The standard InChI is InChI=1S/C18H17NO3/c1-3-19-15-7-5-4-6-13(15)14(18(19)21)10-12-8-9-17(22-2)16(20)11-12/h4-11,20H,3H2,1-2H3/b14-10-. The van der Waals surface area contributed by atoms with Crippen molar-refractivity contribution in [2.24, 2.45) is 0 Å². The van der Waals surface area contributed by atoms with Gasteiger partial charge in [0, 0.05) is 17.7 Å². The number of phenols is 1. The minimum atomic E-state index is -0.0148. The molecule has 1 heterocycles. The van der Waals surface area contributed by atoms with E-state index < -0.39 is 0 Å². The molecule has 1 aliphatic heterocycles. The Hall–Kier alpha value is -2.75. The van der Waals surface area contributed by atoms with E-state index in [4.69, 9.17) is 4.74 Å². The van der Waals surface area contributed by atoms with E-state index in [0.717, 1.165) is 16.8 Å². The summed E-state index contributed by atoms with van der Waals surface area (Å²) in [5.74, 6) is 0.456. The number of para-hydroxylation sites is 1. The Kier molecular flexibility index (Phi) is 3.59. The number of anilines is 1. The summed E-state index contributed by atoms with van der Waals surface area (Å²) in [5, 5.41) is 9.87. The molecule has 3 rings (SSSR count). The number of likely N-dealkylation sites (N-methyl/N-ethyl adjacent to an activating group) is 1. The molecule has 0 saturated heterocycles. The largest absolute Gasteiger partial charge is 0.504 e. The molecular weight excluding hydrogens is 278 g/mol. The minimum absolute atomic E-state index is 0.0148. The first-order valence-electron chi connectivity index (χ1n) is 7.15. The fraction of sp³-hybridized carbons (Fsp3) is 0.167. The van der Waals surface area contributed by atoms with Crippen molar-refractivity contribution in [2.45, 2.75) is 6.92 Å². The van der Waals surface area contributed by atoms with Gasteiger partial charge in [-0.3, -0.25) is 4.79 Å². The number of phenolic OH excluding ortho intramolecular Hbond substituents is 1. The third-order valence-corrected chi connectivity index (χ3v) is 3.79. The van der Waals surface area contributed by atoms with Crippen LogP contribution in [-0.2, 0) is 4.79 Å². The zero-order valence-corrected chi connectivity index (χ0v) is 12.5. The molecule has 0 spiro atoms. The molecule has 0 fully saturated rings. The van der Waals surface area contributed by atoms with Crippen molar-refractivity contribution in [3.8, 4) is 11.5 Å². The zero-order valence-electron chi connectivity index (χ0n) is 12.5. The molecule has 0 radical (unpaired) electrons. The molecule has 22 heavy (non-hydrogen) atoms. The van der Waals surface area contributed by atoms with E-state index in [1.165, 1.54) is 7.11 Å². The molecule has 2 aromatic carbocycles. The number of nitrogens with zero attached hydrogens (tertiary/aromatic N) is 1. The summed E-state index contributed by atoms with van der Waals surface area (Å²) >= 11 is 0. The van der Waals surface area contributed by atoms with Crippen LogP contribution in [-0.4, -0.2) is 24.7 Å². The van der Waals surface area contributed by atoms with Crippen molar-refractivity contribution in [1.29, 1.82) is 0 Å². The Morgan fingerprint density at radius 1 is 1.23 bits per heavy atom. The number of rotatable bonds is 3. The monoisotopic (exact) mass is 295 g/mol. The highest BCUT2D eigenvalue weighted by Gasteiger charge is 2.30. The number of carbonyl (C=O) groups is 1. The van der Waals surface area contributed by atoms with E-state index in [-0.39, 0.29) is 11.7 Å². The highest BCUT2D eigenvalue weighted by Crippen LogP contribution is 2.38. The maximum Gasteiger partial charge on any atom is 0.258 e. The number of carbonyl (C=O) groups excluding carboxylic acids is 1. The summed E-state index contributed by atoms with van der Waals surface area (Å²) < 4.78 is 5.04. The summed E-state index contributed by atoms with van der Waals surface area (Å²) in [7, 11) is 1.50. The van der Waals surface area contributed by atoms with Gasteiger partial charge in [-0.15, -0.1) is 0 Å². The Morgan fingerprint density at radius 2 is 2.00 bits per heavy atom. The number of hydrogen-bond donors (Lipinski definition) is 1. The summed E-state index contributed by atoms with van der Waals surface area (Å²) in [6.07, 6.45) is 1.80. The van der Waals surface area contributed by atoms with Crippen LogP contribution in [0.5, 0.6) is 11.5 Å². The molecule has 1 N–H and O–H groups in total. The number of benzene rings is 2.